The van der Waals surface area contributed by atoms with Crippen molar-refractivity contribution in [1.29, 1.82) is 0 Å². The highest BCUT2D eigenvalue weighted by Gasteiger charge is 2.16. The summed E-state index contributed by atoms with van der Waals surface area (Å²) >= 11 is 11.0. The van der Waals surface area contributed by atoms with Crippen LogP contribution in [0.15, 0.2) is 12.4 Å². The largest absolute Gasteiger partial charge is 0.461 e. The molecule has 0 aromatic carbocycles. The molecule has 0 radical (unpaired) electrons. The standard InChI is InChI=1S/C10H13ClN2O2.C7H6ClFN2O2.C2H7N.CH4/c1-3-5-7-6-12-10(11)13-8(7)9(14)15-4-2;1-2-13-6(12)5-4(9)3-10-7(8)11-5;1-2-3;/h6H,3-5H2,1-2H3;3H,2H2,1H3;2-3H2,1H3;1H4. The van der Waals surface area contributed by atoms with E-state index in [1.165, 1.54) is 0 Å². The number of hydrogen-bond acceptors (Lipinski definition) is 9. The molecule has 0 spiro atoms. The zero-order chi connectivity index (χ0) is 23.8. The summed E-state index contributed by atoms with van der Waals surface area (Å²) in [6.07, 6.45) is 4.05. The number of carbonyl (C=O) groups is 2. The van der Waals surface area contributed by atoms with Gasteiger partial charge in [-0.25, -0.2) is 33.9 Å². The first-order valence-electron chi connectivity index (χ1n) is 9.49. The zero-order valence-electron chi connectivity index (χ0n) is 17.8. The molecular weight excluding hydrogens is 464 g/mol. The van der Waals surface area contributed by atoms with E-state index in [0.29, 0.717) is 6.61 Å². The van der Waals surface area contributed by atoms with Gasteiger partial charge in [0, 0.05) is 11.8 Å². The first-order valence-corrected chi connectivity index (χ1v) is 10.2. The predicted octanol–water partition coefficient (Wildman–Crippen LogP) is 4.31. The van der Waals surface area contributed by atoms with Crippen LogP contribution in [0.4, 0.5) is 4.39 Å². The van der Waals surface area contributed by atoms with E-state index < -0.39 is 23.4 Å². The van der Waals surface area contributed by atoms with E-state index in [-0.39, 0.29) is 30.3 Å². The van der Waals surface area contributed by atoms with Crippen LogP contribution in [0.1, 0.15) is 68.1 Å². The molecule has 0 amide bonds. The third kappa shape index (κ3) is 11.8. The fourth-order valence-corrected chi connectivity index (χ4v) is 2.17. The molecule has 0 bridgehead atoms. The van der Waals surface area contributed by atoms with Crippen LogP contribution >= 0.6 is 23.2 Å². The number of esters is 2. The van der Waals surface area contributed by atoms with Gasteiger partial charge in [-0.3, -0.25) is 0 Å². The molecule has 2 heterocycles. The maximum Gasteiger partial charge on any atom is 0.360 e. The van der Waals surface area contributed by atoms with Gasteiger partial charge in [-0.05, 0) is 50.0 Å². The quantitative estimate of drug-likeness (QED) is 0.461. The number of nitrogens with two attached hydrogens (primary N) is 1. The van der Waals surface area contributed by atoms with Crippen molar-refractivity contribution in [3.8, 4) is 0 Å². The van der Waals surface area contributed by atoms with E-state index in [1.807, 2.05) is 13.8 Å². The normalized spacial score (nSPS) is 9.25. The molecule has 0 unspecified atom stereocenters. The molecule has 2 aromatic heterocycles. The Labute approximate surface area is 197 Å². The van der Waals surface area contributed by atoms with Crippen molar-refractivity contribution < 1.29 is 23.5 Å². The molecule has 2 rings (SSSR count). The second-order valence-electron chi connectivity index (χ2n) is 5.45. The van der Waals surface area contributed by atoms with Crippen molar-refractivity contribution in [2.24, 2.45) is 5.73 Å². The Morgan fingerprint density at radius 1 is 0.938 bits per heavy atom. The number of carbonyl (C=O) groups excluding carboxylic acids is 2. The van der Waals surface area contributed by atoms with Gasteiger partial charge >= 0.3 is 11.9 Å². The molecule has 0 aliphatic carbocycles. The lowest BCUT2D eigenvalue weighted by atomic mass is 10.1. The minimum atomic E-state index is -0.845. The number of aryl methyl sites for hydroxylation is 1. The summed E-state index contributed by atoms with van der Waals surface area (Å²) < 4.78 is 22.3. The van der Waals surface area contributed by atoms with Gasteiger partial charge in [-0.1, -0.05) is 27.7 Å². The van der Waals surface area contributed by atoms with Crippen LogP contribution in [0.2, 0.25) is 10.6 Å². The van der Waals surface area contributed by atoms with E-state index >= 15 is 0 Å². The summed E-state index contributed by atoms with van der Waals surface area (Å²) in [7, 11) is 0. The summed E-state index contributed by atoms with van der Waals surface area (Å²) in [5.41, 5.74) is 5.46. The van der Waals surface area contributed by atoms with Gasteiger partial charge in [-0.2, -0.15) is 0 Å². The number of nitrogens with zero attached hydrogens (tertiary/aromatic N) is 4. The molecule has 0 aliphatic rings. The number of hydrogen-bond donors (Lipinski definition) is 1. The lowest BCUT2D eigenvalue weighted by Gasteiger charge is -2.06. The van der Waals surface area contributed by atoms with E-state index in [2.05, 4.69) is 24.7 Å². The monoisotopic (exact) mass is 493 g/mol. The average molecular weight is 494 g/mol. The van der Waals surface area contributed by atoms with Crippen LogP contribution in [0.3, 0.4) is 0 Å². The SMILES string of the molecule is C.CCCc1cnc(Cl)nc1C(=O)OCC.CCN.CCOC(=O)c1nc(Cl)ncc1F. The Bertz CT molecular complexity index is 844. The van der Waals surface area contributed by atoms with Crippen LogP contribution < -0.4 is 5.73 Å². The van der Waals surface area contributed by atoms with Crippen molar-refractivity contribution >= 4 is 35.1 Å². The first-order chi connectivity index (χ1) is 14.7. The molecule has 180 valence electrons. The first kappa shape index (κ1) is 31.8. The Balaban J connectivity index is 0. The van der Waals surface area contributed by atoms with Crippen LogP contribution in [-0.4, -0.2) is 51.6 Å². The summed E-state index contributed by atoms with van der Waals surface area (Å²) in [6, 6.07) is 0. The van der Waals surface area contributed by atoms with E-state index in [1.54, 1.807) is 20.0 Å². The molecular formula is C20H30Cl2FN5O4. The summed E-state index contributed by atoms with van der Waals surface area (Å²) in [5, 5.41) is -0.123. The smallest absolute Gasteiger partial charge is 0.360 e. The molecule has 0 atom stereocenters. The van der Waals surface area contributed by atoms with Gasteiger partial charge in [-0.15, -0.1) is 0 Å². The highest BCUT2D eigenvalue weighted by Crippen LogP contribution is 2.12. The summed E-state index contributed by atoms with van der Waals surface area (Å²) in [6.45, 7) is 8.51. The van der Waals surface area contributed by atoms with Gasteiger partial charge in [0.25, 0.3) is 0 Å². The molecule has 0 fully saturated rings. The van der Waals surface area contributed by atoms with Crippen LogP contribution in [0.5, 0.6) is 0 Å². The van der Waals surface area contributed by atoms with Gasteiger partial charge in [0.2, 0.25) is 10.6 Å². The minimum Gasteiger partial charge on any atom is -0.461 e. The molecule has 12 heteroatoms. The Morgan fingerprint density at radius 3 is 1.84 bits per heavy atom. The van der Waals surface area contributed by atoms with Gasteiger partial charge in [0.15, 0.2) is 17.2 Å². The number of aromatic nitrogens is 4. The van der Waals surface area contributed by atoms with Gasteiger partial charge < -0.3 is 15.2 Å². The zero-order valence-corrected chi connectivity index (χ0v) is 19.3. The molecule has 2 N–H and O–H groups in total. The maximum atomic E-state index is 12.9. The van der Waals surface area contributed by atoms with Crippen molar-refractivity contribution in [2.75, 3.05) is 19.8 Å². The topological polar surface area (TPSA) is 130 Å². The average Bonchev–Trinajstić information content (AvgIpc) is 2.72. The van der Waals surface area contributed by atoms with Crippen molar-refractivity contribution in [3.63, 3.8) is 0 Å². The lowest BCUT2D eigenvalue weighted by molar-refractivity contribution is 0.0505. The predicted molar refractivity (Wildman–Crippen MR) is 121 cm³/mol. The fourth-order valence-electron chi connectivity index (χ4n) is 1.90. The third-order valence-electron chi connectivity index (χ3n) is 3.01. The lowest BCUT2D eigenvalue weighted by Crippen LogP contribution is -2.11. The second kappa shape index (κ2) is 18.2. The van der Waals surface area contributed by atoms with E-state index in [4.69, 9.17) is 33.7 Å². The van der Waals surface area contributed by atoms with Crippen LogP contribution in [0, 0.1) is 5.82 Å². The summed E-state index contributed by atoms with van der Waals surface area (Å²) in [4.78, 5) is 37.0. The van der Waals surface area contributed by atoms with Crippen LogP contribution in [0.25, 0.3) is 0 Å². The molecule has 0 saturated heterocycles. The third-order valence-corrected chi connectivity index (χ3v) is 3.37. The highest BCUT2D eigenvalue weighted by atomic mass is 35.5. The minimum absolute atomic E-state index is 0. The molecule has 0 saturated carbocycles. The molecule has 2 aromatic rings. The maximum absolute atomic E-state index is 12.9. The molecule has 32 heavy (non-hydrogen) atoms. The Kier molecular flexibility index (Phi) is 18.0. The van der Waals surface area contributed by atoms with E-state index in [0.717, 1.165) is 31.1 Å². The second-order valence-corrected chi connectivity index (χ2v) is 6.12. The van der Waals surface area contributed by atoms with Crippen LogP contribution in [-0.2, 0) is 15.9 Å². The van der Waals surface area contributed by atoms with Gasteiger partial charge in [0.1, 0.15) is 0 Å². The van der Waals surface area contributed by atoms with Crippen molar-refractivity contribution in [1.82, 2.24) is 19.9 Å². The molecule has 9 nitrogen and oxygen atoms in total. The number of rotatable bonds is 6. The number of halogens is 3. The molecule has 0 aliphatic heterocycles. The Morgan fingerprint density at radius 2 is 1.38 bits per heavy atom. The highest BCUT2D eigenvalue weighted by molar-refractivity contribution is 6.28. The van der Waals surface area contributed by atoms with E-state index in [9.17, 15) is 14.0 Å². The summed E-state index contributed by atoms with van der Waals surface area (Å²) in [5.74, 6) is -2.13. The Hall–Kier alpha value is -2.43. The van der Waals surface area contributed by atoms with Gasteiger partial charge in [0.05, 0.1) is 19.4 Å². The fraction of sp³-hybridized carbons (Fsp3) is 0.500. The van der Waals surface area contributed by atoms with Crippen molar-refractivity contribution in [2.45, 2.75) is 48.0 Å². The van der Waals surface area contributed by atoms with Crippen molar-refractivity contribution in [3.05, 3.63) is 45.7 Å². The number of ether oxygens (including phenoxy) is 2.